The Labute approximate surface area is 138 Å². The van der Waals surface area contributed by atoms with E-state index in [4.69, 9.17) is 0 Å². The lowest BCUT2D eigenvalue weighted by Crippen LogP contribution is -2.20. The Bertz CT molecular complexity index is 964. The number of hydrogen-bond acceptors (Lipinski definition) is 2. The lowest BCUT2D eigenvalue weighted by Gasteiger charge is -2.11. The number of halogens is 2. The molecule has 1 aromatic heterocycles. The van der Waals surface area contributed by atoms with Crippen LogP contribution in [0.3, 0.4) is 0 Å². The molecule has 1 heterocycles. The normalized spacial score (nSPS) is 10.7. The molecule has 0 unspecified atom stereocenters. The summed E-state index contributed by atoms with van der Waals surface area (Å²) >= 11 is 3.15. The first-order valence-corrected chi connectivity index (χ1v) is 7.47. The number of amides is 2. The van der Waals surface area contributed by atoms with Crippen LogP contribution in [0.2, 0.25) is 0 Å². The van der Waals surface area contributed by atoms with Crippen LogP contribution in [0.1, 0.15) is 5.56 Å². The summed E-state index contributed by atoms with van der Waals surface area (Å²) in [5.74, 6) is -0.545. The molecule has 118 valence electrons. The minimum absolute atomic E-state index is 0.0690. The van der Waals surface area contributed by atoms with Crippen LogP contribution in [0, 0.1) is 12.7 Å². The van der Waals surface area contributed by atoms with Crippen LogP contribution in [0.4, 0.5) is 20.6 Å². The van der Waals surface area contributed by atoms with Gasteiger partial charge in [-0.15, -0.1) is 0 Å². The van der Waals surface area contributed by atoms with E-state index in [1.165, 1.54) is 12.1 Å². The number of benzene rings is 2. The highest BCUT2D eigenvalue weighted by molar-refractivity contribution is 9.10. The molecule has 3 aromatic rings. The number of aromatic amines is 2. The van der Waals surface area contributed by atoms with Gasteiger partial charge in [0.25, 0.3) is 0 Å². The van der Waals surface area contributed by atoms with Crippen LogP contribution in [-0.2, 0) is 0 Å². The molecule has 0 aliphatic rings. The molecule has 0 spiro atoms. The third-order valence-electron chi connectivity index (χ3n) is 3.29. The quantitative estimate of drug-likeness (QED) is 0.547. The zero-order valence-corrected chi connectivity index (χ0v) is 13.5. The van der Waals surface area contributed by atoms with Crippen molar-refractivity contribution >= 4 is 44.4 Å². The number of hydrogen-bond donors (Lipinski definition) is 4. The molecule has 2 amide bonds. The van der Waals surface area contributed by atoms with Gasteiger partial charge in [0, 0.05) is 10.2 Å². The van der Waals surface area contributed by atoms with E-state index in [-0.39, 0.29) is 11.4 Å². The maximum absolute atomic E-state index is 13.7. The number of carbonyl (C=O) groups excluding carboxylic acids is 1. The van der Waals surface area contributed by atoms with Crippen LogP contribution in [-0.4, -0.2) is 16.0 Å². The molecular formula is C15H12BrFN4O2. The third-order valence-corrected chi connectivity index (χ3v) is 3.78. The number of rotatable bonds is 2. The standard InChI is InChI=1S/C15H12BrFN4O2/c1-7-4-12-13(21-15(23)20-12)6-11(7)19-14(22)18-10-3-2-8(16)5-9(10)17/h2-6H,1H3,(H2,18,19,22)(H2,20,21,23). The molecule has 0 saturated carbocycles. The summed E-state index contributed by atoms with van der Waals surface area (Å²) in [5.41, 5.74) is 2.25. The largest absolute Gasteiger partial charge is 0.323 e. The number of H-pyrrole nitrogens is 2. The highest BCUT2D eigenvalue weighted by Crippen LogP contribution is 2.22. The molecule has 0 atom stereocenters. The Morgan fingerprint density at radius 2 is 1.74 bits per heavy atom. The van der Waals surface area contributed by atoms with Crippen LogP contribution in [0.25, 0.3) is 11.0 Å². The second-order valence-corrected chi connectivity index (χ2v) is 5.91. The summed E-state index contributed by atoms with van der Waals surface area (Å²) in [7, 11) is 0. The van der Waals surface area contributed by atoms with E-state index in [1.54, 1.807) is 25.1 Å². The summed E-state index contributed by atoms with van der Waals surface area (Å²) in [6.07, 6.45) is 0. The van der Waals surface area contributed by atoms with Crippen molar-refractivity contribution in [3.8, 4) is 0 Å². The number of nitrogens with one attached hydrogen (secondary N) is 4. The Morgan fingerprint density at radius 1 is 1.09 bits per heavy atom. The topological polar surface area (TPSA) is 89.8 Å². The van der Waals surface area contributed by atoms with Crippen molar-refractivity contribution in [3.63, 3.8) is 0 Å². The van der Waals surface area contributed by atoms with Crippen molar-refractivity contribution in [1.82, 2.24) is 9.97 Å². The zero-order valence-electron chi connectivity index (χ0n) is 12.0. The molecule has 0 bridgehead atoms. The Morgan fingerprint density at radius 3 is 2.43 bits per heavy atom. The van der Waals surface area contributed by atoms with Crippen molar-refractivity contribution in [2.45, 2.75) is 6.92 Å². The minimum atomic E-state index is -0.577. The predicted octanol–water partition coefficient (Wildman–Crippen LogP) is 3.71. The van der Waals surface area contributed by atoms with E-state index in [9.17, 15) is 14.0 Å². The third kappa shape index (κ3) is 3.26. The van der Waals surface area contributed by atoms with Crippen molar-refractivity contribution < 1.29 is 9.18 Å². The van der Waals surface area contributed by atoms with Gasteiger partial charge in [0.2, 0.25) is 0 Å². The van der Waals surface area contributed by atoms with Crippen LogP contribution < -0.4 is 16.3 Å². The Hall–Kier alpha value is -2.61. The van der Waals surface area contributed by atoms with Gasteiger partial charge < -0.3 is 20.6 Å². The van der Waals surface area contributed by atoms with Gasteiger partial charge in [-0.05, 0) is 42.8 Å². The van der Waals surface area contributed by atoms with E-state index in [1.807, 2.05) is 0 Å². The first kappa shape index (κ1) is 15.3. The molecule has 6 nitrogen and oxygen atoms in total. The molecule has 8 heteroatoms. The van der Waals surface area contributed by atoms with Gasteiger partial charge in [-0.1, -0.05) is 15.9 Å². The van der Waals surface area contributed by atoms with Crippen molar-refractivity contribution in [2.75, 3.05) is 10.6 Å². The molecule has 0 fully saturated rings. The second kappa shape index (κ2) is 5.88. The maximum Gasteiger partial charge on any atom is 0.323 e. The maximum atomic E-state index is 13.7. The highest BCUT2D eigenvalue weighted by atomic mass is 79.9. The smallest absolute Gasteiger partial charge is 0.307 e. The summed E-state index contributed by atoms with van der Waals surface area (Å²) in [6, 6.07) is 7.14. The molecule has 23 heavy (non-hydrogen) atoms. The van der Waals surface area contributed by atoms with Gasteiger partial charge in [-0.25, -0.2) is 14.0 Å². The number of aryl methyl sites for hydroxylation is 1. The van der Waals surface area contributed by atoms with Gasteiger partial charge in [-0.3, -0.25) is 0 Å². The number of anilines is 2. The monoisotopic (exact) mass is 378 g/mol. The number of aromatic nitrogens is 2. The molecular weight excluding hydrogens is 367 g/mol. The van der Waals surface area contributed by atoms with Crippen molar-refractivity contribution in [3.05, 3.63) is 56.7 Å². The Kier molecular flexibility index (Phi) is 3.91. The molecule has 0 radical (unpaired) electrons. The summed E-state index contributed by atoms with van der Waals surface area (Å²) in [5, 5.41) is 5.08. The number of carbonyl (C=O) groups is 1. The molecule has 3 rings (SSSR count). The first-order valence-electron chi connectivity index (χ1n) is 6.68. The fraction of sp³-hybridized carbons (Fsp3) is 0.0667. The van der Waals surface area contributed by atoms with E-state index >= 15 is 0 Å². The summed E-state index contributed by atoms with van der Waals surface area (Å²) in [6.45, 7) is 1.79. The highest BCUT2D eigenvalue weighted by Gasteiger charge is 2.10. The predicted molar refractivity (Wildman–Crippen MR) is 90.4 cm³/mol. The van der Waals surface area contributed by atoms with Crippen molar-refractivity contribution in [1.29, 1.82) is 0 Å². The van der Waals surface area contributed by atoms with Gasteiger partial charge in [0.15, 0.2) is 0 Å². The lowest BCUT2D eigenvalue weighted by molar-refractivity contribution is 0.262. The van der Waals surface area contributed by atoms with Crippen molar-refractivity contribution in [2.24, 2.45) is 0 Å². The average molecular weight is 379 g/mol. The molecule has 0 saturated heterocycles. The average Bonchev–Trinajstić information content (AvgIpc) is 2.81. The molecule has 0 aliphatic heterocycles. The summed E-state index contributed by atoms with van der Waals surface area (Å²) < 4.78 is 14.3. The number of urea groups is 1. The van der Waals surface area contributed by atoms with Gasteiger partial charge in [0.1, 0.15) is 5.82 Å². The SMILES string of the molecule is Cc1cc2[nH]c(=O)[nH]c2cc1NC(=O)Nc1ccc(Br)cc1F. The second-order valence-electron chi connectivity index (χ2n) is 5.00. The van der Waals surface area contributed by atoms with Crippen LogP contribution >= 0.6 is 15.9 Å². The van der Waals surface area contributed by atoms with Crippen LogP contribution in [0.15, 0.2) is 39.6 Å². The molecule has 2 aromatic carbocycles. The van der Waals surface area contributed by atoms with Crippen LogP contribution in [0.5, 0.6) is 0 Å². The number of fused-ring (bicyclic) bond motifs is 1. The molecule has 0 aliphatic carbocycles. The van der Waals surface area contributed by atoms with Gasteiger partial charge >= 0.3 is 11.7 Å². The zero-order chi connectivity index (χ0) is 16.6. The van der Waals surface area contributed by atoms with Gasteiger partial charge in [-0.2, -0.15) is 0 Å². The fourth-order valence-corrected chi connectivity index (χ4v) is 2.53. The van der Waals surface area contributed by atoms with Gasteiger partial charge in [0.05, 0.1) is 16.7 Å². The van der Waals surface area contributed by atoms with E-state index in [0.29, 0.717) is 21.2 Å². The van der Waals surface area contributed by atoms with E-state index < -0.39 is 11.8 Å². The molecule has 4 N–H and O–H groups in total. The van der Waals surface area contributed by atoms with E-state index in [2.05, 4.69) is 36.5 Å². The number of imidazole rings is 1. The Balaban J connectivity index is 1.82. The first-order chi connectivity index (χ1) is 10.9. The fourth-order valence-electron chi connectivity index (χ4n) is 2.19. The minimum Gasteiger partial charge on any atom is -0.307 e. The summed E-state index contributed by atoms with van der Waals surface area (Å²) in [4.78, 5) is 28.6. The van der Waals surface area contributed by atoms with E-state index in [0.717, 1.165) is 5.56 Å². The lowest BCUT2D eigenvalue weighted by atomic mass is 10.2.